The van der Waals surface area contributed by atoms with Crippen molar-refractivity contribution in [2.75, 3.05) is 14.2 Å². The van der Waals surface area contributed by atoms with Crippen molar-refractivity contribution in [3.63, 3.8) is 0 Å². The second kappa shape index (κ2) is 9.51. The number of aliphatic hydroxyl groups excluding tert-OH is 1. The summed E-state index contributed by atoms with van der Waals surface area (Å²) in [6, 6.07) is 13.6. The van der Waals surface area contributed by atoms with Crippen molar-refractivity contribution in [2.24, 2.45) is 0 Å². The van der Waals surface area contributed by atoms with E-state index in [0.29, 0.717) is 51.0 Å². The van der Waals surface area contributed by atoms with E-state index < -0.39 is 0 Å². The molecule has 9 nitrogen and oxygen atoms in total. The fourth-order valence-corrected chi connectivity index (χ4v) is 5.60. The second-order valence-electron chi connectivity index (χ2n) is 8.24. The van der Waals surface area contributed by atoms with Gasteiger partial charge in [-0.1, -0.05) is 18.2 Å². The molecular formula is C26H22N4O5S2. The highest BCUT2D eigenvalue weighted by Gasteiger charge is 2.17. The standard InChI is InChI=1S/C26H22N4O5S2/c1-14-20(12-31)27-24(36-14)16-6-4-5-15(7-16)13-34-21-8-17(32-2)9-22-18(21)10-23(35-22)19-11-30-25(28-19)37-26(29-30)33-3/h4-11,31H,12-13H2,1-3H3. The van der Waals surface area contributed by atoms with Crippen LogP contribution in [0.5, 0.6) is 16.7 Å². The van der Waals surface area contributed by atoms with Crippen molar-refractivity contribution in [1.82, 2.24) is 19.6 Å². The zero-order valence-electron chi connectivity index (χ0n) is 20.2. The van der Waals surface area contributed by atoms with Gasteiger partial charge in [-0.2, -0.15) is 0 Å². The highest BCUT2D eigenvalue weighted by atomic mass is 32.1. The van der Waals surface area contributed by atoms with Crippen LogP contribution in [0, 0.1) is 6.92 Å². The molecule has 0 aliphatic carbocycles. The van der Waals surface area contributed by atoms with Gasteiger partial charge in [-0.15, -0.1) is 16.4 Å². The predicted octanol–water partition coefficient (Wildman–Crippen LogP) is 5.72. The largest absolute Gasteiger partial charge is 0.496 e. The Bertz CT molecular complexity index is 1700. The predicted molar refractivity (Wildman–Crippen MR) is 142 cm³/mol. The smallest absolute Gasteiger partial charge is 0.294 e. The molecule has 0 spiro atoms. The molecule has 0 atom stereocenters. The van der Waals surface area contributed by atoms with Crippen LogP contribution in [0.2, 0.25) is 0 Å². The summed E-state index contributed by atoms with van der Waals surface area (Å²) in [6.45, 7) is 2.25. The number of fused-ring (bicyclic) bond motifs is 2. The highest BCUT2D eigenvalue weighted by Crippen LogP contribution is 2.38. The number of furan rings is 1. The van der Waals surface area contributed by atoms with E-state index in [2.05, 4.69) is 21.1 Å². The van der Waals surface area contributed by atoms with Crippen LogP contribution < -0.4 is 14.2 Å². The van der Waals surface area contributed by atoms with Crippen molar-refractivity contribution in [1.29, 1.82) is 0 Å². The van der Waals surface area contributed by atoms with Crippen LogP contribution in [0.1, 0.15) is 16.1 Å². The first-order valence-electron chi connectivity index (χ1n) is 11.4. The Morgan fingerprint density at radius 3 is 2.70 bits per heavy atom. The third kappa shape index (κ3) is 4.41. The molecule has 2 aromatic carbocycles. The van der Waals surface area contributed by atoms with E-state index in [1.54, 1.807) is 36.3 Å². The first-order chi connectivity index (χ1) is 18.0. The summed E-state index contributed by atoms with van der Waals surface area (Å²) in [5.74, 6) is 1.87. The number of methoxy groups -OCH3 is 2. The van der Waals surface area contributed by atoms with Gasteiger partial charge in [-0.3, -0.25) is 0 Å². The van der Waals surface area contributed by atoms with Gasteiger partial charge in [-0.05, 0) is 36.0 Å². The first kappa shape index (κ1) is 23.5. The number of thiazole rings is 1. The van der Waals surface area contributed by atoms with Gasteiger partial charge < -0.3 is 23.7 Å². The Kier molecular flexibility index (Phi) is 6.03. The van der Waals surface area contributed by atoms with Gasteiger partial charge in [0.1, 0.15) is 34.4 Å². The molecule has 0 unspecified atom stereocenters. The van der Waals surface area contributed by atoms with Crippen molar-refractivity contribution in [3.05, 3.63) is 64.8 Å². The number of aromatic nitrogens is 4. The van der Waals surface area contributed by atoms with E-state index in [0.717, 1.165) is 26.4 Å². The van der Waals surface area contributed by atoms with Gasteiger partial charge in [0, 0.05) is 22.6 Å². The molecule has 188 valence electrons. The summed E-state index contributed by atoms with van der Waals surface area (Å²) in [5.41, 5.74) is 3.99. The van der Waals surface area contributed by atoms with Crippen LogP contribution in [0.4, 0.5) is 0 Å². The monoisotopic (exact) mass is 534 g/mol. The van der Waals surface area contributed by atoms with Crippen LogP contribution >= 0.6 is 22.7 Å². The lowest BCUT2D eigenvalue weighted by atomic mass is 10.1. The summed E-state index contributed by atoms with van der Waals surface area (Å²) in [4.78, 5) is 10.9. The lowest BCUT2D eigenvalue weighted by Crippen LogP contribution is -1.97. The van der Waals surface area contributed by atoms with Crippen molar-refractivity contribution in [2.45, 2.75) is 20.1 Å². The first-order valence-corrected chi connectivity index (χ1v) is 13.0. The van der Waals surface area contributed by atoms with Crippen molar-refractivity contribution >= 4 is 38.6 Å². The lowest BCUT2D eigenvalue weighted by molar-refractivity contribution is 0.277. The molecule has 0 saturated heterocycles. The summed E-state index contributed by atoms with van der Waals surface area (Å²) in [6.07, 6.45) is 1.80. The molecule has 0 radical (unpaired) electrons. The Morgan fingerprint density at radius 1 is 1.05 bits per heavy atom. The number of aryl methyl sites for hydroxylation is 1. The maximum Gasteiger partial charge on any atom is 0.294 e. The van der Waals surface area contributed by atoms with E-state index in [4.69, 9.17) is 18.6 Å². The van der Waals surface area contributed by atoms with Crippen LogP contribution in [0.25, 0.3) is 38.0 Å². The molecule has 0 bridgehead atoms. The second-order valence-corrected chi connectivity index (χ2v) is 10.4. The van der Waals surface area contributed by atoms with Gasteiger partial charge in [0.25, 0.3) is 5.19 Å². The van der Waals surface area contributed by atoms with E-state index in [9.17, 15) is 5.11 Å². The molecule has 0 amide bonds. The Hall–Kier alpha value is -3.93. The Balaban J connectivity index is 1.29. The van der Waals surface area contributed by atoms with Crippen molar-refractivity contribution < 1.29 is 23.7 Å². The molecule has 4 aromatic heterocycles. The summed E-state index contributed by atoms with van der Waals surface area (Å²) in [7, 11) is 3.19. The normalized spacial score (nSPS) is 11.5. The number of hydrogen-bond acceptors (Lipinski definition) is 10. The van der Waals surface area contributed by atoms with Gasteiger partial charge in [-0.25, -0.2) is 14.5 Å². The summed E-state index contributed by atoms with van der Waals surface area (Å²) < 4.78 is 24.7. The number of ether oxygens (including phenoxy) is 3. The molecule has 0 saturated carbocycles. The highest BCUT2D eigenvalue weighted by molar-refractivity contribution is 7.18. The molecule has 6 aromatic rings. The molecule has 4 heterocycles. The van der Waals surface area contributed by atoms with Gasteiger partial charge in [0.2, 0.25) is 4.96 Å². The number of imidazole rings is 1. The number of hydrogen-bond donors (Lipinski definition) is 1. The van der Waals surface area contributed by atoms with E-state index >= 15 is 0 Å². The number of benzene rings is 2. The summed E-state index contributed by atoms with van der Waals surface area (Å²) in [5, 5.41) is 16.0. The van der Waals surface area contributed by atoms with E-state index in [-0.39, 0.29) is 6.61 Å². The quantitative estimate of drug-likeness (QED) is 0.264. The molecule has 1 N–H and O–H groups in total. The van der Waals surface area contributed by atoms with E-state index in [1.165, 1.54) is 11.3 Å². The Labute approximate surface area is 219 Å². The van der Waals surface area contributed by atoms with Crippen molar-refractivity contribution in [3.8, 4) is 38.7 Å². The maximum atomic E-state index is 9.49. The fourth-order valence-electron chi connectivity index (χ4n) is 3.98. The zero-order valence-corrected chi connectivity index (χ0v) is 21.9. The molecule has 0 fully saturated rings. The fraction of sp³-hybridized carbons (Fsp3) is 0.192. The van der Waals surface area contributed by atoms with Gasteiger partial charge >= 0.3 is 0 Å². The molecule has 6 rings (SSSR count). The average molecular weight is 535 g/mol. The Morgan fingerprint density at radius 2 is 1.95 bits per heavy atom. The topological polar surface area (TPSA) is 104 Å². The third-order valence-corrected chi connectivity index (χ3v) is 7.82. The van der Waals surface area contributed by atoms with Gasteiger partial charge in [0.15, 0.2) is 5.76 Å². The average Bonchev–Trinajstić information content (AvgIpc) is 3.68. The maximum absolute atomic E-state index is 9.49. The minimum Gasteiger partial charge on any atom is -0.496 e. The summed E-state index contributed by atoms with van der Waals surface area (Å²) >= 11 is 2.92. The number of aliphatic hydroxyl groups is 1. The lowest BCUT2D eigenvalue weighted by Gasteiger charge is -2.10. The molecule has 37 heavy (non-hydrogen) atoms. The molecule has 0 aliphatic heterocycles. The number of rotatable bonds is 8. The molecule has 0 aliphatic rings. The third-order valence-electron chi connectivity index (χ3n) is 5.87. The minimum absolute atomic E-state index is 0.0640. The number of nitrogens with zero attached hydrogens (tertiary/aromatic N) is 4. The van der Waals surface area contributed by atoms with Crippen LogP contribution in [0.15, 0.2) is 53.1 Å². The molecular weight excluding hydrogens is 512 g/mol. The van der Waals surface area contributed by atoms with Crippen LogP contribution in [0.3, 0.4) is 0 Å². The SMILES string of the molecule is COc1cc(OCc2cccc(-c3nc(CO)c(C)s3)c2)c2cc(-c3cn4nc(OC)sc4n3)oc2c1. The van der Waals surface area contributed by atoms with Gasteiger partial charge in [0.05, 0.1) is 38.1 Å². The molecule has 11 heteroatoms. The minimum atomic E-state index is -0.0640. The van der Waals surface area contributed by atoms with E-state index in [1.807, 2.05) is 43.3 Å². The van der Waals surface area contributed by atoms with Crippen LogP contribution in [-0.4, -0.2) is 38.9 Å². The van der Waals surface area contributed by atoms with Crippen LogP contribution in [-0.2, 0) is 13.2 Å². The zero-order chi connectivity index (χ0) is 25.5.